The summed E-state index contributed by atoms with van der Waals surface area (Å²) in [5.74, 6) is 0. The van der Waals surface area contributed by atoms with Gasteiger partial charge in [0, 0.05) is 31.4 Å². The normalized spacial score (nSPS) is 31.7. The zero-order chi connectivity index (χ0) is 13.1. The third-order valence-electron chi connectivity index (χ3n) is 4.43. The van der Waals surface area contributed by atoms with E-state index >= 15 is 0 Å². The monoisotopic (exact) mass is 263 g/mol. The zero-order valence-corrected chi connectivity index (χ0v) is 11.8. The van der Waals surface area contributed by atoms with E-state index in [4.69, 9.17) is 4.74 Å². The number of imidazole rings is 1. The van der Waals surface area contributed by atoms with Crippen molar-refractivity contribution in [2.75, 3.05) is 6.61 Å². The van der Waals surface area contributed by atoms with E-state index in [1.807, 2.05) is 12.5 Å². The van der Waals surface area contributed by atoms with Gasteiger partial charge in [-0.1, -0.05) is 0 Å². The first-order valence-electron chi connectivity index (χ1n) is 7.70. The van der Waals surface area contributed by atoms with E-state index in [0.29, 0.717) is 18.2 Å². The van der Waals surface area contributed by atoms with Crippen molar-refractivity contribution in [2.45, 2.75) is 70.2 Å². The molecular formula is C15H25N3O. The summed E-state index contributed by atoms with van der Waals surface area (Å²) in [6, 6.07) is 1.11. The van der Waals surface area contributed by atoms with Gasteiger partial charge in [0.2, 0.25) is 0 Å². The minimum atomic E-state index is 0.466. The highest BCUT2D eigenvalue weighted by molar-refractivity contribution is 5.07. The van der Waals surface area contributed by atoms with Crippen LogP contribution < -0.4 is 5.32 Å². The van der Waals surface area contributed by atoms with Crippen LogP contribution in [0.25, 0.3) is 0 Å². The minimum Gasteiger partial charge on any atom is -0.378 e. The van der Waals surface area contributed by atoms with Crippen LogP contribution in [0.4, 0.5) is 0 Å². The largest absolute Gasteiger partial charge is 0.378 e. The van der Waals surface area contributed by atoms with Gasteiger partial charge in [-0.3, -0.25) is 0 Å². The molecule has 3 rings (SSSR count). The number of nitrogens with one attached hydrogen (secondary N) is 1. The number of ether oxygens (including phenoxy) is 1. The highest BCUT2D eigenvalue weighted by Crippen LogP contribution is 2.26. The zero-order valence-electron chi connectivity index (χ0n) is 11.8. The van der Waals surface area contributed by atoms with Crippen LogP contribution in [0.1, 0.15) is 57.2 Å². The number of hydrogen-bond acceptors (Lipinski definition) is 3. The van der Waals surface area contributed by atoms with Crippen molar-refractivity contribution in [1.29, 1.82) is 0 Å². The molecule has 4 heteroatoms. The molecule has 1 N–H and O–H groups in total. The maximum absolute atomic E-state index is 5.70. The summed E-state index contributed by atoms with van der Waals surface area (Å²) in [5.41, 5.74) is 1.35. The van der Waals surface area contributed by atoms with Crippen LogP contribution in [-0.2, 0) is 11.3 Å². The molecule has 0 amide bonds. The summed E-state index contributed by atoms with van der Waals surface area (Å²) in [6.45, 7) is 4.26. The van der Waals surface area contributed by atoms with Gasteiger partial charge in [0.15, 0.2) is 0 Å². The van der Waals surface area contributed by atoms with Gasteiger partial charge in [0.05, 0.1) is 18.1 Å². The van der Waals surface area contributed by atoms with E-state index in [-0.39, 0.29) is 0 Å². The maximum Gasteiger partial charge on any atom is 0.0948 e. The number of aryl methyl sites for hydroxylation is 1. The molecule has 2 aliphatic rings. The first kappa shape index (κ1) is 13.1. The third kappa shape index (κ3) is 3.18. The summed E-state index contributed by atoms with van der Waals surface area (Å²) in [7, 11) is 0. The smallest absolute Gasteiger partial charge is 0.0948 e. The highest BCUT2D eigenvalue weighted by atomic mass is 16.5. The number of nitrogens with zero attached hydrogens (tertiary/aromatic N) is 2. The van der Waals surface area contributed by atoms with Gasteiger partial charge < -0.3 is 14.6 Å². The van der Waals surface area contributed by atoms with E-state index in [1.165, 1.54) is 37.8 Å². The van der Waals surface area contributed by atoms with Crippen molar-refractivity contribution in [2.24, 2.45) is 0 Å². The first-order valence-corrected chi connectivity index (χ1v) is 7.70. The predicted octanol–water partition coefficient (Wildman–Crippen LogP) is 2.66. The summed E-state index contributed by atoms with van der Waals surface area (Å²) < 4.78 is 8.02. The Morgan fingerprint density at radius 3 is 3.11 bits per heavy atom. The van der Waals surface area contributed by atoms with Crippen molar-refractivity contribution >= 4 is 0 Å². The van der Waals surface area contributed by atoms with E-state index in [0.717, 1.165) is 19.6 Å². The van der Waals surface area contributed by atoms with Gasteiger partial charge in [-0.05, 0) is 45.4 Å². The van der Waals surface area contributed by atoms with Crippen LogP contribution in [0.2, 0.25) is 0 Å². The van der Waals surface area contributed by atoms with Crippen molar-refractivity contribution < 1.29 is 4.74 Å². The quantitative estimate of drug-likeness (QED) is 0.907. The SMILES string of the molecule is CC1CCCC(c2cncn2CCC2CCCO2)N1. The Morgan fingerprint density at radius 1 is 1.37 bits per heavy atom. The molecule has 2 aliphatic heterocycles. The Labute approximate surface area is 115 Å². The number of hydrogen-bond donors (Lipinski definition) is 1. The molecule has 106 valence electrons. The average Bonchev–Trinajstić information content (AvgIpc) is 3.08. The molecule has 1 aromatic rings. The number of piperidine rings is 1. The van der Waals surface area contributed by atoms with E-state index in [9.17, 15) is 0 Å². The molecule has 0 aliphatic carbocycles. The molecule has 0 spiro atoms. The Hall–Kier alpha value is -0.870. The van der Waals surface area contributed by atoms with Gasteiger partial charge >= 0.3 is 0 Å². The standard InChI is InChI=1S/C15H25N3O/c1-12-4-2-6-14(17-12)15-10-16-11-18(15)8-7-13-5-3-9-19-13/h10-14,17H,2-9H2,1H3. The molecule has 19 heavy (non-hydrogen) atoms. The highest BCUT2D eigenvalue weighted by Gasteiger charge is 2.22. The molecule has 3 heterocycles. The van der Waals surface area contributed by atoms with Gasteiger partial charge in [-0.25, -0.2) is 4.98 Å². The van der Waals surface area contributed by atoms with Gasteiger partial charge in [0.25, 0.3) is 0 Å². The predicted molar refractivity (Wildman–Crippen MR) is 75.0 cm³/mol. The van der Waals surface area contributed by atoms with Crippen LogP contribution in [0, 0.1) is 0 Å². The van der Waals surface area contributed by atoms with Gasteiger partial charge in [0.1, 0.15) is 0 Å². The molecule has 4 nitrogen and oxygen atoms in total. The molecular weight excluding hydrogens is 238 g/mol. The van der Waals surface area contributed by atoms with Crippen molar-refractivity contribution in [3.8, 4) is 0 Å². The third-order valence-corrected chi connectivity index (χ3v) is 4.43. The van der Waals surface area contributed by atoms with Crippen molar-refractivity contribution in [1.82, 2.24) is 14.9 Å². The summed E-state index contributed by atoms with van der Waals surface area (Å²) in [5, 5.41) is 3.69. The minimum absolute atomic E-state index is 0.466. The molecule has 3 atom stereocenters. The van der Waals surface area contributed by atoms with Gasteiger partial charge in [-0.15, -0.1) is 0 Å². The van der Waals surface area contributed by atoms with Gasteiger partial charge in [-0.2, -0.15) is 0 Å². The molecule has 2 saturated heterocycles. The second kappa shape index (κ2) is 6.06. The molecule has 0 saturated carbocycles. The molecule has 3 unspecified atom stereocenters. The topological polar surface area (TPSA) is 39.1 Å². The van der Waals surface area contributed by atoms with Crippen LogP contribution in [0.3, 0.4) is 0 Å². The van der Waals surface area contributed by atoms with Crippen LogP contribution >= 0.6 is 0 Å². The van der Waals surface area contributed by atoms with Crippen LogP contribution in [0.5, 0.6) is 0 Å². The Bertz CT molecular complexity index is 398. The summed E-state index contributed by atoms with van der Waals surface area (Å²) >= 11 is 0. The summed E-state index contributed by atoms with van der Waals surface area (Å²) in [6.07, 6.45) is 11.9. The van der Waals surface area contributed by atoms with Crippen molar-refractivity contribution in [3.63, 3.8) is 0 Å². The molecule has 0 bridgehead atoms. The fourth-order valence-electron chi connectivity index (χ4n) is 3.33. The second-order valence-electron chi connectivity index (χ2n) is 5.99. The Balaban J connectivity index is 1.60. The second-order valence-corrected chi connectivity index (χ2v) is 5.99. The molecule has 0 radical (unpaired) electrons. The van der Waals surface area contributed by atoms with E-state index in [2.05, 4.69) is 21.8 Å². The Morgan fingerprint density at radius 2 is 2.32 bits per heavy atom. The Kier molecular flexibility index (Phi) is 4.18. The lowest BCUT2D eigenvalue weighted by atomic mass is 9.97. The number of rotatable bonds is 4. The van der Waals surface area contributed by atoms with Crippen molar-refractivity contribution in [3.05, 3.63) is 18.2 Å². The average molecular weight is 263 g/mol. The first-order chi connectivity index (χ1) is 9.33. The number of aromatic nitrogens is 2. The lowest BCUT2D eigenvalue weighted by Crippen LogP contribution is -2.35. The fraction of sp³-hybridized carbons (Fsp3) is 0.800. The van der Waals surface area contributed by atoms with E-state index < -0.39 is 0 Å². The maximum atomic E-state index is 5.70. The molecule has 2 fully saturated rings. The molecule has 1 aromatic heterocycles. The lowest BCUT2D eigenvalue weighted by Gasteiger charge is -2.29. The molecule has 0 aromatic carbocycles. The fourth-order valence-corrected chi connectivity index (χ4v) is 3.33. The van der Waals surface area contributed by atoms with Crippen LogP contribution in [-0.4, -0.2) is 28.3 Å². The lowest BCUT2D eigenvalue weighted by molar-refractivity contribution is 0.0999. The van der Waals surface area contributed by atoms with Crippen LogP contribution in [0.15, 0.2) is 12.5 Å². The van der Waals surface area contributed by atoms with E-state index in [1.54, 1.807) is 0 Å². The summed E-state index contributed by atoms with van der Waals surface area (Å²) in [4.78, 5) is 4.35.